The number of halogens is 2. The fraction of sp³-hybridized carbons (Fsp3) is 0.200. The molecule has 0 aliphatic carbocycles. The second-order valence-corrected chi connectivity index (χ2v) is 7.95. The summed E-state index contributed by atoms with van der Waals surface area (Å²) in [5.41, 5.74) is 1.31. The fourth-order valence-corrected chi connectivity index (χ4v) is 4.33. The molecule has 34 heavy (non-hydrogen) atoms. The number of methoxy groups -OCH3 is 1. The van der Waals surface area contributed by atoms with E-state index in [2.05, 4.69) is 15.1 Å². The molecule has 2 aromatic carbocycles. The van der Waals surface area contributed by atoms with Gasteiger partial charge in [-0.2, -0.15) is 4.39 Å². The number of nitrogens with zero attached hydrogens (tertiary/aromatic N) is 4. The molecule has 5 rings (SSSR count). The van der Waals surface area contributed by atoms with Gasteiger partial charge in [-0.3, -0.25) is 9.36 Å². The molecule has 1 aliphatic rings. The van der Waals surface area contributed by atoms with Gasteiger partial charge in [-0.25, -0.2) is 19.2 Å². The predicted molar refractivity (Wildman–Crippen MR) is 123 cm³/mol. The first-order valence-electron chi connectivity index (χ1n) is 10.7. The van der Waals surface area contributed by atoms with Crippen molar-refractivity contribution in [3.63, 3.8) is 0 Å². The molecule has 170 valence electrons. The van der Waals surface area contributed by atoms with Gasteiger partial charge in [-0.05, 0) is 60.8 Å². The number of hydrogen-bond acceptors (Lipinski definition) is 5. The Balaban J connectivity index is 1.86. The minimum Gasteiger partial charge on any atom is -0.494 e. The molecule has 4 aromatic rings. The number of aromatic nitrogens is 3. The summed E-state index contributed by atoms with van der Waals surface area (Å²) in [6.45, 7) is 8.25. The van der Waals surface area contributed by atoms with Crippen molar-refractivity contribution in [3.8, 4) is 22.6 Å². The van der Waals surface area contributed by atoms with Crippen molar-refractivity contribution in [3.05, 3.63) is 88.0 Å². The van der Waals surface area contributed by atoms with Crippen LogP contribution in [0.25, 0.3) is 32.6 Å². The average Bonchev–Trinajstić information content (AvgIpc) is 3.38. The monoisotopic (exact) mass is 459 g/mol. The minimum atomic E-state index is -0.682. The first kappa shape index (κ1) is 21.7. The van der Waals surface area contributed by atoms with Crippen LogP contribution in [0.2, 0.25) is 0 Å². The Kier molecular flexibility index (Phi) is 5.51. The maximum Gasteiger partial charge on any atom is 0.264 e. The van der Waals surface area contributed by atoms with Gasteiger partial charge in [-0.1, -0.05) is 0 Å². The molecule has 0 unspecified atom stereocenters. The van der Waals surface area contributed by atoms with Crippen LogP contribution in [0, 0.1) is 18.3 Å². The highest BCUT2D eigenvalue weighted by molar-refractivity contribution is 5.96. The van der Waals surface area contributed by atoms with Crippen LogP contribution >= 0.6 is 0 Å². The molecule has 0 spiro atoms. The van der Waals surface area contributed by atoms with E-state index in [0.29, 0.717) is 28.2 Å². The molecular weight excluding hydrogens is 440 g/mol. The van der Waals surface area contributed by atoms with Gasteiger partial charge in [0.1, 0.15) is 5.82 Å². The van der Waals surface area contributed by atoms with Crippen molar-refractivity contribution in [2.75, 3.05) is 13.7 Å². The van der Waals surface area contributed by atoms with Crippen LogP contribution in [0.3, 0.4) is 0 Å². The number of pyridine rings is 1. The summed E-state index contributed by atoms with van der Waals surface area (Å²) in [4.78, 5) is 25.8. The number of nitrogens with one attached hydrogen (secondary N) is 1. The van der Waals surface area contributed by atoms with Gasteiger partial charge in [0.25, 0.3) is 5.56 Å². The van der Waals surface area contributed by atoms with E-state index in [9.17, 15) is 13.6 Å². The Hall–Kier alpha value is -4.16. The Morgan fingerprint density at radius 3 is 2.74 bits per heavy atom. The van der Waals surface area contributed by atoms with Crippen LogP contribution in [0.15, 0.2) is 53.5 Å². The zero-order valence-corrected chi connectivity index (χ0v) is 18.2. The molecule has 0 saturated carbocycles. The molecule has 0 radical (unpaired) electrons. The van der Waals surface area contributed by atoms with E-state index in [1.807, 2.05) is 0 Å². The van der Waals surface area contributed by atoms with Crippen LogP contribution in [0.1, 0.15) is 24.7 Å². The van der Waals surface area contributed by atoms with E-state index in [0.717, 1.165) is 19.4 Å². The van der Waals surface area contributed by atoms with Crippen molar-refractivity contribution >= 4 is 16.6 Å². The molecule has 2 aromatic heterocycles. The Morgan fingerprint density at radius 1 is 1.21 bits per heavy atom. The van der Waals surface area contributed by atoms with Gasteiger partial charge in [0, 0.05) is 18.3 Å². The second-order valence-electron chi connectivity index (χ2n) is 7.95. The van der Waals surface area contributed by atoms with Gasteiger partial charge in [0.15, 0.2) is 17.3 Å². The topological polar surface area (TPSA) is 73.4 Å². The SMILES string of the molecule is [C-]#[N+]c1cc(-c2ccnc(F)c2)c2nc([C@H]3CCCN3)n(-c3ccc(OC)c(F)c3)c(=O)c2c1. The summed E-state index contributed by atoms with van der Waals surface area (Å²) in [7, 11) is 1.37. The lowest BCUT2D eigenvalue weighted by molar-refractivity contribution is 0.386. The molecule has 0 amide bonds. The van der Waals surface area contributed by atoms with Crippen molar-refractivity contribution in [2.45, 2.75) is 18.9 Å². The smallest absolute Gasteiger partial charge is 0.264 e. The molecule has 3 heterocycles. The van der Waals surface area contributed by atoms with E-state index in [1.165, 1.54) is 42.1 Å². The molecule has 0 bridgehead atoms. The molecule has 1 aliphatic heterocycles. The summed E-state index contributed by atoms with van der Waals surface area (Å²) in [5, 5.41) is 3.52. The molecule has 1 N–H and O–H groups in total. The summed E-state index contributed by atoms with van der Waals surface area (Å²) >= 11 is 0. The van der Waals surface area contributed by atoms with Gasteiger partial charge < -0.3 is 10.1 Å². The van der Waals surface area contributed by atoms with Gasteiger partial charge in [-0.15, -0.1) is 0 Å². The van der Waals surface area contributed by atoms with Gasteiger partial charge in [0.2, 0.25) is 5.95 Å². The Morgan fingerprint density at radius 2 is 2.06 bits per heavy atom. The van der Waals surface area contributed by atoms with Crippen LogP contribution in [0.5, 0.6) is 5.75 Å². The Labute approximate surface area is 193 Å². The molecule has 9 heteroatoms. The summed E-state index contributed by atoms with van der Waals surface area (Å²) < 4.78 is 34.9. The summed E-state index contributed by atoms with van der Waals surface area (Å²) in [6.07, 6.45) is 2.96. The molecule has 1 fully saturated rings. The van der Waals surface area contributed by atoms with Crippen LogP contribution in [-0.4, -0.2) is 28.2 Å². The van der Waals surface area contributed by atoms with Crippen LogP contribution < -0.4 is 15.6 Å². The first-order chi connectivity index (χ1) is 16.5. The highest BCUT2D eigenvalue weighted by Crippen LogP contribution is 2.33. The maximum absolute atomic E-state index is 14.6. The second kappa shape index (κ2) is 8.65. The predicted octanol–water partition coefficient (Wildman–Crippen LogP) is 4.71. The third kappa shape index (κ3) is 3.68. The van der Waals surface area contributed by atoms with Crippen LogP contribution in [0.4, 0.5) is 14.5 Å². The largest absolute Gasteiger partial charge is 0.494 e. The molecule has 7 nitrogen and oxygen atoms in total. The van der Waals surface area contributed by atoms with E-state index in [4.69, 9.17) is 16.3 Å². The lowest BCUT2D eigenvalue weighted by Crippen LogP contribution is -2.29. The van der Waals surface area contributed by atoms with Crippen molar-refractivity contribution in [1.82, 2.24) is 19.9 Å². The highest BCUT2D eigenvalue weighted by atomic mass is 19.1. The van der Waals surface area contributed by atoms with E-state index in [1.54, 1.807) is 18.2 Å². The highest BCUT2D eigenvalue weighted by Gasteiger charge is 2.25. The number of rotatable bonds is 4. The number of benzene rings is 2. The Bertz CT molecular complexity index is 1520. The van der Waals surface area contributed by atoms with Crippen molar-refractivity contribution in [2.24, 2.45) is 0 Å². The van der Waals surface area contributed by atoms with Gasteiger partial charge in [0.05, 0.1) is 36.3 Å². The zero-order valence-electron chi connectivity index (χ0n) is 18.2. The normalized spacial score (nSPS) is 15.4. The van der Waals surface area contributed by atoms with Crippen LogP contribution in [-0.2, 0) is 0 Å². The zero-order chi connectivity index (χ0) is 23.8. The molecule has 1 atom stereocenters. The van der Waals surface area contributed by atoms with Crippen molar-refractivity contribution in [1.29, 1.82) is 0 Å². The molecule has 1 saturated heterocycles. The lowest BCUT2D eigenvalue weighted by Gasteiger charge is -2.20. The summed E-state index contributed by atoms with van der Waals surface area (Å²) in [6, 6.07) is 9.92. The standard InChI is InChI=1S/C25H19F2N5O2/c1-28-15-11-17(14-7-9-30-22(27)10-14)23-18(12-15)25(33)32(24(31-23)20-4-3-8-29-20)16-5-6-21(34-2)19(26)13-16/h5-7,9-13,20,29H,3-4,8H2,2H3/t20-/m1/s1. The van der Waals surface area contributed by atoms with Gasteiger partial charge >= 0.3 is 0 Å². The minimum absolute atomic E-state index is 0.0587. The number of fused-ring (bicyclic) bond motifs is 1. The van der Waals surface area contributed by atoms with E-state index in [-0.39, 0.29) is 22.9 Å². The van der Waals surface area contributed by atoms with E-state index >= 15 is 0 Å². The summed E-state index contributed by atoms with van der Waals surface area (Å²) in [5.74, 6) is -0.812. The first-order valence-corrected chi connectivity index (χ1v) is 10.7. The lowest BCUT2D eigenvalue weighted by atomic mass is 10.0. The third-order valence-corrected chi connectivity index (χ3v) is 5.92. The number of ether oxygens (including phenoxy) is 1. The number of hydrogen-bond donors (Lipinski definition) is 1. The fourth-order valence-electron chi connectivity index (χ4n) is 4.33. The quantitative estimate of drug-likeness (QED) is 0.354. The average molecular weight is 459 g/mol. The van der Waals surface area contributed by atoms with E-state index < -0.39 is 17.3 Å². The molecular formula is C25H19F2N5O2. The van der Waals surface area contributed by atoms with Crippen molar-refractivity contribution < 1.29 is 13.5 Å². The maximum atomic E-state index is 14.6. The third-order valence-electron chi connectivity index (χ3n) is 5.92.